The first-order chi connectivity index (χ1) is 11.8. The number of ether oxygens (including phenoxy) is 1. The average molecular weight is 346 g/mol. The van der Waals surface area contributed by atoms with Crippen molar-refractivity contribution >= 4 is 17.7 Å². The fraction of sp³-hybridized carbons (Fsp3) is 0.579. The molecule has 25 heavy (non-hydrogen) atoms. The van der Waals surface area contributed by atoms with Crippen LogP contribution in [0.3, 0.4) is 0 Å². The van der Waals surface area contributed by atoms with E-state index in [2.05, 4.69) is 34.7 Å². The van der Waals surface area contributed by atoms with Crippen LogP contribution in [-0.4, -0.2) is 30.2 Å². The van der Waals surface area contributed by atoms with Crippen LogP contribution in [0.25, 0.3) is 0 Å². The Morgan fingerprint density at radius 2 is 2.12 bits per heavy atom. The van der Waals surface area contributed by atoms with Crippen molar-refractivity contribution in [2.24, 2.45) is 16.6 Å². The van der Waals surface area contributed by atoms with E-state index in [0.717, 1.165) is 24.9 Å². The van der Waals surface area contributed by atoms with Gasteiger partial charge in [-0.05, 0) is 63.6 Å². The number of nitrogens with zero attached hydrogens (tertiary/aromatic N) is 1. The Labute approximate surface area is 150 Å². The third kappa shape index (κ3) is 7.03. The van der Waals surface area contributed by atoms with E-state index in [4.69, 9.17) is 10.5 Å². The molecule has 0 radical (unpaired) electrons. The molecule has 1 aromatic carbocycles. The molecule has 1 aromatic rings. The summed E-state index contributed by atoms with van der Waals surface area (Å²) in [5, 5.41) is 6.03. The highest BCUT2D eigenvalue weighted by atomic mass is 16.6. The minimum atomic E-state index is -0.508. The van der Waals surface area contributed by atoms with Gasteiger partial charge in [-0.2, -0.15) is 0 Å². The summed E-state index contributed by atoms with van der Waals surface area (Å²) in [6.45, 7) is 8.10. The van der Waals surface area contributed by atoms with Gasteiger partial charge in [-0.25, -0.2) is 4.79 Å². The van der Waals surface area contributed by atoms with E-state index in [0.29, 0.717) is 18.4 Å². The van der Waals surface area contributed by atoms with Gasteiger partial charge in [0.1, 0.15) is 5.60 Å². The number of anilines is 1. The molecular weight excluding hydrogens is 316 g/mol. The number of hydrogen-bond acceptors (Lipinski definition) is 3. The maximum Gasteiger partial charge on any atom is 0.407 e. The van der Waals surface area contributed by atoms with Crippen molar-refractivity contribution < 1.29 is 9.53 Å². The van der Waals surface area contributed by atoms with Crippen molar-refractivity contribution in [2.75, 3.05) is 11.9 Å². The van der Waals surface area contributed by atoms with Crippen LogP contribution in [0.15, 0.2) is 29.3 Å². The number of carbonyl (C=O) groups excluding carboxylic acids is 1. The standard InChI is InChI=1S/C19H30N4O2/c1-5-13-7-6-8-15(11-13)22-17(20)21-12-16(14-9-10-14)23-18(24)25-19(2,3)4/h6-8,11,14,16H,5,9-10,12H2,1-4H3,(H,23,24)(H3,20,21,22). The zero-order valence-electron chi connectivity index (χ0n) is 15.6. The third-order valence-electron chi connectivity index (χ3n) is 3.96. The number of hydrogen-bond donors (Lipinski definition) is 3. The van der Waals surface area contributed by atoms with Crippen LogP contribution in [-0.2, 0) is 11.2 Å². The van der Waals surface area contributed by atoms with E-state index in [1.165, 1.54) is 5.56 Å². The first-order valence-corrected chi connectivity index (χ1v) is 8.92. The van der Waals surface area contributed by atoms with Gasteiger partial charge < -0.3 is 21.1 Å². The van der Waals surface area contributed by atoms with Gasteiger partial charge in [0.2, 0.25) is 0 Å². The number of rotatable bonds is 6. The summed E-state index contributed by atoms with van der Waals surface area (Å²) in [6, 6.07) is 8.04. The smallest absolute Gasteiger partial charge is 0.407 e. The van der Waals surface area contributed by atoms with E-state index in [1.54, 1.807) is 0 Å². The van der Waals surface area contributed by atoms with Gasteiger partial charge in [0.15, 0.2) is 5.96 Å². The van der Waals surface area contributed by atoms with Gasteiger partial charge in [-0.15, -0.1) is 0 Å². The number of guanidine groups is 1. The summed E-state index contributed by atoms with van der Waals surface area (Å²) >= 11 is 0. The third-order valence-corrected chi connectivity index (χ3v) is 3.96. The second-order valence-electron chi connectivity index (χ2n) is 7.50. The molecule has 0 bridgehead atoms. The Hall–Kier alpha value is -2.24. The molecule has 6 heteroatoms. The predicted molar refractivity (Wildman–Crippen MR) is 102 cm³/mol. The Kier molecular flexibility index (Phi) is 6.28. The van der Waals surface area contributed by atoms with Gasteiger partial charge in [-0.1, -0.05) is 19.1 Å². The molecule has 0 saturated heterocycles. The molecule has 4 N–H and O–H groups in total. The lowest BCUT2D eigenvalue weighted by atomic mass is 10.1. The number of carbonyl (C=O) groups is 1. The predicted octanol–water partition coefficient (Wildman–Crippen LogP) is 3.28. The minimum absolute atomic E-state index is 0.0443. The zero-order chi connectivity index (χ0) is 18.4. The Balaban J connectivity index is 1.90. The van der Waals surface area contributed by atoms with Crippen LogP contribution in [0.1, 0.15) is 46.1 Å². The van der Waals surface area contributed by atoms with E-state index in [-0.39, 0.29) is 6.04 Å². The van der Waals surface area contributed by atoms with Crippen LogP contribution in [0, 0.1) is 5.92 Å². The molecule has 0 spiro atoms. The van der Waals surface area contributed by atoms with Crippen molar-refractivity contribution in [3.8, 4) is 0 Å². The molecule has 6 nitrogen and oxygen atoms in total. The first-order valence-electron chi connectivity index (χ1n) is 8.92. The van der Waals surface area contributed by atoms with Crippen molar-refractivity contribution in [3.05, 3.63) is 29.8 Å². The summed E-state index contributed by atoms with van der Waals surface area (Å²) in [5.41, 5.74) is 7.64. The summed E-state index contributed by atoms with van der Waals surface area (Å²) in [5.74, 6) is 0.803. The van der Waals surface area contributed by atoms with Crippen LogP contribution in [0.5, 0.6) is 0 Å². The molecule has 1 aliphatic carbocycles. The lowest BCUT2D eigenvalue weighted by Gasteiger charge is -2.23. The molecule has 1 atom stereocenters. The normalized spacial score (nSPS) is 16.2. The second kappa shape index (κ2) is 8.23. The molecule has 2 rings (SSSR count). The highest BCUT2D eigenvalue weighted by Crippen LogP contribution is 2.33. The summed E-state index contributed by atoms with van der Waals surface area (Å²) in [7, 11) is 0. The molecule has 1 aliphatic rings. The van der Waals surface area contributed by atoms with E-state index in [1.807, 2.05) is 32.9 Å². The van der Waals surface area contributed by atoms with Gasteiger partial charge in [-0.3, -0.25) is 4.99 Å². The lowest BCUT2D eigenvalue weighted by molar-refractivity contribution is 0.0500. The zero-order valence-corrected chi connectivity index (χ0v) is 15.6. The maximum absolute atomic E-state index is 12.0. The van der Waals surface area contributed by atoms with Crippen molar-refractivity contribution in [1.82, 2.24) is 5.32 Å². The first kappa shape index (κ1) is 19.1. The lowest BCUT2D eigenvalue weighted by Crippen LogP contribution is -2.42. The Morgan fingerprint density at radius 1 is 1.40 bits per heavy atom. The van der Waals surface area contributed by atoms with Crippen LogP contribution >= 0.6 is 0 Å². The Morgan fingerprint density at radius 3 is 2.72 bits per heavy atom. The second-order valence-corrected chi connectivity index (χ2v) is 7.50. The molecule has 1 saturated carbocycles. The topological polar surface area (TPSA) is 88.7 Å². The van der Waals surface area contributed by atoms with E-state index >= 15 is 0 Å². The molecule has 1 unspecified atom stereocenters. The van der Waals surface area contributed by atoms with Gasteiger partial charge in [0.05, 0.1) is 12.6 Å². The number of aliphatic imine (C=N–C) groups is 1. The fourth-order valence-corrected chi connectivity index (χ4v) is 2.52. The highest BCUT2D eigenvalue weighted by molar-refractivity contribution is 5.92. The number of benzene rings is 1. The monoisotopic (exact) mass is 346 g/mol. The minimum Gasteiger partial charge on any atom is -0.444 e. The Bertz CT molecular complexity index is 618. The number of alkyl carbamates (subject to hydrolysis) is 1. The summed E-state index contributed by atoms with van der Waals surface area (Å²) in [4.78, 5) is 16.4. The van der Waals surface area contributed by atoms with E-state index in [9.17, 15) is 4.79 Å². The fourth-order valence-electron chi connectivity index (χ4n) is 2.52. The van der Waals surface area contributed by atoms with Crippen LogP contribution < -0.4 is 16.4 Å². The SMILES string of the molecule is CCc1cccc(NC(N)=NCC(NC(=O)OC(C)(C)C)C2CC2)c1. The molecule has 1 amide bonds. The molecular formula is C19H30N4O2. The molecule has 1 fully saturated rings. The highest BCUT2D eigenvalue weighted by Gasteiger charge is 2.33. The number of nitrogens with two attached hydrogens (primary N) is 1. The molecule has 0 heterocycles. The number of aryl methyl sites for hydroxylation is 1. The summed E-state index contributed by atoms with van der Waals surface area (Å²) < 4.78 is 5.33. The quantitative estimate of drug-likeness (QED) is 0.545. The van der Waals surface area contributed by atoms with Crippen LogP contribution in [0.2, 0.25) is 0 Å². The van der Waals surface area contributed by atoms with Crippen molar-refractivity contribution in [1.29, 1.82) is 0 Å². The van der Waals surface area contributed by atoms with Gasteiger partial charge >= 0.3 is 6.09 Å². The molecule has 138 valence electrons. The maximum atomic E-state index is 12.0. The average Bonchev–Trinajstić information content (AvgIpc) is 3.34. The molecule has 0 aliphatic heterocycles. The summed E-state index contributed by atoms with van der Waals surface area (Å²) in [6.07, 6.45) is 2.77. The number of nitrogens with one attached hydrogen (secondary N) is 2. The van der Waals surface area contributed by atoms with Crippen LogP contribution in [0.4, 0.5) is 10.5 Å². The van der Waals surface area contributed by atoms with Crippen molar-refractivity contribution in [2.45, 2.75) is 58.6 Å². The van der Waals surface area contributed by atoms with E-state index < -0.39 is 11.7 Å². The van der Waals surface area contributed by atoms with Crippen molar-refractivity contribution in [3.63, 3.8) is 0 Å². The molecule has 0 aromatic heterocycles. The number of amides is 1. The van der Waals surface area contributed by atoms with Gasteiger partial charge in [0, 0.05) is 5.69 Å². The largest absolute Gasteiger partial charge is 0.444 e. The van der Waals surface area contributed by atoms with Gasteiger partial charge in [0.25, 0.3) is 0 Å².